The van der Waals surface area contributed by atoms with Gasteiger partial charge in [0, 0.05) is 23.0 Å². The molecule has 0 bridgehead atoms. The number of hydrogen-bond donors (Lipinski definition) is 1. The molecule has 0 radical (unpaired) electrons. The van der Waals surface area contributed by atoms with Gasteiger partial charge in [-0.05, 0) is 81.6 Å². The fourth-order valence-corrected chi connectivity index (χ4v) is 7.10. The fraction of sp³-hybridized carbons (Fsp3) is 0.278. The van der Waals surface area contributed by atoms with Crippen molar-refractivity contribution in [3.8, 4) is 0 Å². The van der Waals surface area contributed by atoms with Gasteiger partial charge in [-0.3, -0.25) is 13.9 Å². The maximum Gasteiger partial charge on any atom is 0.264 e. The molecular weight excluding hydrogens is 650 g/mol. The third-order valence-corrected chi connectivity index (χ3v) is 9.51. The van der Waals surface area contributed by atoms with Gasteiger partial charge in [0.25, 0.3) is 10.0 Å². The lowest BCUT2D eigenvalue weighted by Gasteiger charge is -2.35. The number of nitrogens with zero attached hydrogens (tertiary/aromatic N) is 2. The fourth-order valence-electron chi connectivity index (χ4n) is 5.16. The molecule has 0 heterocycles. The van der Waals surface area contributed by atoms with Crippen molar-refractivity contribution in [3.05, 3.63) is 130 Å². The average Bonchev–Trinajstić information content (AvgIpc) is 2.98. The van der Waals surface area contributed by atoms with Crippen LogP contribution in [0.15, 0.2) is 112 Å². The standard InChI is InChI=1S/C36H40BrN3O4S/c1-26-19-20-32(27(2)21-26)40(45(43,44)31-17-10-7-11-18-31)25-34(41)39(24-29-15-12-16-30(37)22-29)33(35(42)38-36(3,4)5)23-28-13-8-6-9-14-28/h6-22,33H,23-25H2,1-5H3,(H,38,42)/t33-/m1/s1. The van der Waals surface area contributed by atoms with E-state index in [-0.39, 0.29) is 23.8 Å². The van der Waals surface area contributed by atoms with E-state index < -0.39 is 34.1 Å². The highest BCUT2D eigenvalue weighted by molar-refractivity contribution is 9.10. The number of hydrogen-bond acceptors (Lipinski definition) is 4. The number of carbonyl (C=O) groups excluding carboxylic acids is 2. The lowest BCUT2D eigenvalue weighted by Crippen LogP contribution is -2.56. The van der Waals surface area contributed by atoms with Gasteiger partial charge in [-0.2, -0.15) is 0 Å². The summed E-state index contributed by atoms with van der Waals surface area (Å²) in [5.74, 6) is -0.821. The van der Waals surface area contributed by atoms with Crippen LogP contribution in [-0.4, -0.2) is 43.3 Å². The maximum atomic E-state index is 14.6. The zero-order chi connectivity index (χ0) is 32.8. The normalized spacial score (nSPS) is 12.3. The van der Waals surface area contributed by atoms with E-state index >= 15 is 0 Å². The largest absolute Gasteiger partial charge is 0.350 e. The number of benzene rings is 4. The monoisotopic (exact) mass is 689 g/mol. The summed E-state index contributed by atoms with van der Waals surface area (Å²) in [6, 6.07) is 29.7. The predicted molar refractivity (Wildman–Crippen MR) is 183 cm³/mol. The van der Waals surface area contributed by atoms with Crippen molar-refractivity contribution >= 4 is 43.5 Å². The minimum absolute atomic E-state index is 0.0719. The minimum atomic E-state index is -4.15. The van der Waals surface area contributed by atoms with E-state index in [1.165, 1.54) is 17.0 Å². The highest BCUT2D eigenvalue weighted by atomic mass is 79.9. The van der Waals surface area contributed by atoms with Gasteiger partial charge in [-0.15, -0.1) is 0 Å². The van der Waals surface area contributed by atoms with Crippen LogP contribution in [0.1, 0.15) is 43.0 Å². The molecule has 4 rings (SSSR count). The lowest BCUT2D eigenvalue weighted by atomic mass is 10.0. The summed E-state index contributed by atoms with van der Waals surface area (Å²) in [5.41, 5.74) is 3.20. The van der Waals surface area contributed by atoms with Gasteiger partial charge in [0.2, 0.25) is 11.8 Å². The van der Waals surface area contributed by atoms with E-state index in [0.717, 1.165) is 25.5 Å². The molecule has 45 heavy (non-hydrogen) atoms. The van der Waals surface area contributed by atoms with Crippen molar-refractivity contribution in [2.75, 3.05) is 10.8 Å². The van der Waals surface area contributed by atoms with Crippen LogP contribution in [0.2, 0.25) is 0 Å². The highest BCUT2D eigenvalue weighted by Crippen LogP contribution is 2.29. The van der Waals surface area contributed by atoms with Crippen LogP contribution >= 0.6 is 15.9 Å². The van der Waals surface area contributed by atoms with Crippen LogP contribution in [-0.2, 0) is 32.6 Å². The molecule has 0 unspecified atom stereocenters. The van der Waals surface area contributed by atoms with Crippen LogP contribution in [0.4, 0.5) is 5.69 Å². The number of carbonyl (C=O) groups is 2. The van der Waals surface area contributed by atoms with Crippen LogP contribution in [0.5, 0.6) is 0 Å². The summed E-state index contributed by atoms with van der Waals surface area (Å²) in [5, 5.41) is 3.05. The van der Waals surface area contributed by atoms with Crippen molar-refractivity contribution in [2.45, 2.75) is 64.1 Å². The summed E-state index contributed by atoms with van der Waals surface area (Å²) in [6.45, 7) is 9.02. The zero-order valence-electron chi connectivity index (χ0n) is 26.3. The summed E-state index contributed by atoms with van der Waals surface area (Å²) in [4.78, 5) is 30.2. The Kier molecular flexibility index (Phi) is 10.9. The Morgan fingerprint density at radius 1 is 0.822 bits per heavy atom. The van der Waals surface area contributed by atoms with Crippen molar-refractivity contribution in [1.29, 1.82) is 0 Å². The third kappa shape index (κ3) is 9.05. The Bertz CT molecular complexity index is 1740. The Morgan fingerprint density at radius 2 is 1.44 bits per heavy atom. The second-order valence-corrected chi connectivity index (χ2v) is 15.0. The molecule has 2 amide bonds. The summed E-state index contributed by atoms with van der Waals surface area (Å²) >= 11 is 3.51. The molecule has 0 aliphatic heterocycles. The molecule has 0 aromatic heterocycles. The number of rotatable bonds is 11. The van der Waals surface area contributed by atoms with E-state index in [2.05, 4.69) is 21.2 Å². The summed E-state index contributed by atoms with van der Waals surface area (Å²) in [7, 11) is -4.15. The number of sulfonamides is 1. The van der Waals surface area contributed by atoms with Gasteiger partial charge in [0.05, 0.1) is 10.6 Å². The van der Waals surface area contributed by atoms with Gasteiger partial charge in [0.1, 0.15) is 12.6 Å². The van der Waals surface area contributed by atoms with Gasteiger partial charge in [-0.25, -0.2) is 8.42 Å². The third-order valence-electron chi connectivity index (χ3n) is 7.24. The van der Waals surface area contributed by atoms with Crippen molar-refractivity contribution in [2.24, 2.45) is 0 Å². The highest BCUT2D eigenvalue weighted by Gasteiger charge is 2.36. The first-order chi connectivity index (χ1) is 21.2. The summed E-state index contributed by atoms with van der Waals surface area (Å²) < 4.78 is 30.4. The quantitative estimate of drug-likeness (QED) is 0.187. The molecule has 0 aliphatic carbocycles. The molecule has 0 spiro atoms. The number of anilines is 1. The Morgan fingerprint density at radius 3 is 2.04 bits per heavy atom. The second kappa shape index (κ2) is 14.4. The Hall–Kier alpha value is -3.95. The summed E-state index contributed by atoms with van der Waals surface area (Å²) in [6.07, 6.45) is 0.248. The lowest BCUT2D eigenvalue weighted by molar-refractivity contribution is -0.140. The first-order valence-corrected chi connectivity index (χ1v) is 17.0. The van der Waals surface area contributed by atoms with E-state index in [9.17, 15) is 18.0 Å². The topological polar surface area (TPSA) is 86.8 Å². The first-order valence-electron chi connectivity index (χ1n) is 14.8. The van der Waals surface area contributed by atoms with Crippen LogP contribution < -0.4 is 9.62 Å². The molecule has 0 fully saturated rings. The number of halogens is 1. The minimum Gasteiger partial charge on any atom is -0.350 e. The molecule has 4 aromatic carbocycles. The maximum absolute atomic E-state index is 14.6. The number of nitrogens with one attached hydrogen (secondary N) is 1. The van der Waals surface area contributed by atoms with Gasteiger partial charge in [0.15, 0.2) is 0 Å². The van der Waals surface area contributed by atoms with E-state index in [1.54, 1.807) is 24.3 Å². The second-order valence-electron chi connectivity index (χ2n) is 12.2. The van der Waals surface area contributed by atoms with Crippen molar-refractivity contribution in [3.63, 3.8) is 0 Å². The molecule has 4 aromatic rings. The zero-order valence-corrected chi connectivity index (χ0v) is 28.7. The molecule has 0 saturated carbocycles. The molecule has 1 atom stereocenters. The average molecular weight is 691 g/mol. The van der Waals surface area contributed by atoms with Crippen molar-refractivity contribution in [1.82, 2.24) is 10.2 Å². The molecule has 7 nitrogen and oxygen atoms in total. The van der Waals surface area contributed by atoms with Gasteiger partial charge in [-0.1, -0.05) is 94.3 Å². The van der Waals surface area contributed by atoms with E-state index in [4.69, 9.17) is 0 Å². The van der Waals surface area contributed by atoms with Gasteiger partial charge < -0.3 is 10.2 Å². The Labute approximate surface area is 275 Å². The first kappa shape index (κ1) is 33.9. The Balaban J connectivity index is 1.84. The smallest absolute Gasteiger partial charge is 0.264 e. The molecule has 0 aliphatic rings. The van der Waals surface area contributed by atoms with Gasteiger partial charge >= 0.3 is 0 Å². The van der Waals surface area contributed by atoms with Crippen LogP contribution in [0, 0.1) is 13.8 Å². The molecule has 0 saturated heterocycles. The SMILES string of the molecule is Cc1ccc(N(CC(=O)N(Cc2cccc(Br)c2)[C@H](Cc2ccccc2)C(=O)NC(C)(C)C)S(=O)(=O)c2ccccc2)c(C)c1. The molecule has 1 N–H and O–H groups in total. The molecule has 9 heteroatoms. The van der Waals surface area contributed by atoms with E-state index in [0.29, 0.717) is 11.3 Å². The van der Waals surface area contributed by atoms with Crippen LogP contribution in [0.3, 0.4) is 0 Å². The number of amides is 2. The van der Waals surface area contributed by atoms with Crippen molar-refractivity contribution < 1.29 is 18.0 Å². The number of aryl methyl sites for hydroxylation is 2. The van der Waals surface area contributed by atoms with E-state index in [1.807, 2.05) is 101 Å². The predicted octanol–water partition coefficient (Wildman–Crippen LogP) is 6.82. The molecular formula is C36H40BrN3O4S. The van der Waals surface area contributed by atoms with Crippen LogP contribution in [0.25, 0.3) is 0 Å². The molecule has 236 valence electrons.